The van der Waals surface area contributed by atoms with Crippen LogP contribution in [0.15, 0.2) is 30.3 Å². The lowest BCUT2D eigenvalue weighted by atomic mass is 9.87. The standard InChI is InChI=1S/C14H20N2/c1-11(12-8-6-5-7-9-12)16-13(10-15)14(2,3)4/h5-9,11,13,16H,1-4H3/t11-,13+/m0/s1. The molecule has 0 fully saturated rings. The van der Waals surface area contributed by atoms with Crippen LogP contribution in [-0.2, 0) is 0 Å². The Morgan fingerprint density at radius 2 is 1.75 bits per heavy atom. The van der Waals surface area contributed by atoms with Gasteiger partial charge in [0.05, 0.1) is 6.07 Å². The first-order chi connectivity index (χ1) is 7.45. The third kappa shape index (κ3) is 3.36. The van der Waals surface area contributed by atoms with Crippen LogP contribution >= 0.6 is 0 Å². The maximum atomic E-state index is 9.14. The van der Waals surface area contributed by atoms with Crippen LogP contribution in [0.4, 0.5) is 0 Å². The smallest absolute Gasteiger partial charge is 0.101 e. The third-order valence-corrected chi connectivity index (χ3v) is 2.71. The summed E-state index contributed by atoms with van der Waals surface area (Å²) in [6.45, 7) is 8.31. The van der Waals surface area contributed by atoms with Gasteiger partial charge in [-0.15, -0.1) is 0 Å². The summed E-state index contributed by atoms with van der Waals surface area (Å²) in [4.78, 5) is 0. The minimum absolute atomic E-state index is 0.0439. The van der Waals surface area contributed by atoms with Gasteiger partial charge in [-0.1, -0.05) is 51.1 Å². The van der Waals surface area contributed by atoms with Crippen molar-refractivity contribution in [3.63, 3.8) is 0 Å². The van der Waals surface area contributed by atoms with Gasteiger partial charge in [0.25, 0.3) is 0 Å². The van der Waals surface area contributed by atoms with E-state index in [1.807, 2.05) is 18.2 Å². The van der Waals surface area contributed by atoms with Gasteiger partial charge in [-0.05, 0) is 17.9 Å². The first-order valence-electron chi connectivity index (χ1n) is 5.66. The molecule has 0 saturated heterocycles. The van der Waals surface area contributed by atoms with Crippen LogP contribution in [-0.4, -0.2) is 6.04 Å². The fourth-order valence-corrected chi connectivity index (χ4v) is 1.57. The van der Waals surface area contributed by atoms with Gasteiger partial charge in [0.15, 0.2) is 0 Å². The Morgan fingerprint density at radius 3 is 2.19 bits per heavy atom. The van der Waals surface area contributed by atoms with Gasteiger partial charge in [-0.3, -0.25) is 5.32 Å². The van der Waals surface area contributed by atoms with Crippen molar-refractivity contribution in [3.05, 3.63) is 35.9 Å². The minimum Gasteiger partial charge on any atom is -0.295 e. The van der Waals surface area contributed by atoms with Gasteiger partial charge in [0, 0.05) is 6.04 Å². The molecule has 0 spiro atoms. The molecule has 16 heavy (non-hydrogen) atoms. The largest absolute Gasteiger partial charge is 0.295 e. The van der Waals surface area contributed by atoms with E-state index in [1.165, 1.54) is 5.56 Å². The third-order valence-electron chi connectivity index (χ3n) is 2.71. The molecule has 0 aliphatic carbocycles. The summed E-state index contributed by atoms with van der Waals surface area (Å²) in [5.74, 6) is 0. The molecular weight excluding hydrogens is 196 g/mol. The highest BCUT2D eigenvalue weighted by molar-refractivity contribution is 5.19. The molecule has 0 amide bonds. The zero-order chi connectivity index (χ0) is 12.2. The van der Waals surface area contributed by atoms with Crippen LogP contribution < -0.4 is 5.32 Å². The second kappa shape index (κ2) is 5.14. The summed E-state index contributed by atoms with van der Waals surface area (Å²) in [5, 5.41) is 12.5. The number of nitrogens with one attached hydrogen (secondary N) is 1. The van der Waals surface area contributed by atoms with E-state index in [9.17, 15) is 0 Å². The number of hydrogen-bond donors (Lipinski definition) is 1. The Labute approximate surface area is 98.3 Å². The molecular formula is C14H20N2. The first-order valence-corrected chi connectivity index (χ1v) is 5.66. The number of nitriles is 1. The van der Waals surface area contributed by atoms with E-state index in [-0.39, 0.29) is 17.5 Å². The summed E-state index contributed by atoms with van der Waals surface area (Å²) in [7, 11) is 0. The quantitative estimate of drug-likeness (QED) is 0.841. The fourth-order valence-electron chi connectivity index (χ4n) is 1.57. The van der Waals surface area contributed by atoms with Crippen molar-refractivity contribution < 1.29 is 0 Å². The number of rotatable bonds is 3. The molecule has 2 nitrogen and oxygen atoms in total. The van der Waals surface area contributed by atoms with Crippen molar-refractivity contribution in [2.45, 2.75) is 39.8 Å². The molecule has 0 bridgehead atoms. The highest BCUT2D eigenvalue weighted by Crippen LogP contribution is 2.22. The highest BCUT2D eigenvalue weighted by Gasteiger charge is 2.25. The van der Waals surface area contributed by atoms with Crippen molar-refractivity contribution in [2.75, 3.05) is 0 Å². The maximum Gasteiger partial charge on any atom is 0.101 e. The average Bonchev–Trinajstić information content (AvgIpc) is 2.25. The number of nitrogens with zero attached hydrogens (tertiary/aromatic N) is 1. The molecule has 1 rings (SSSR count). The predicted molar refractivity (Wildman–Crippen MR) is 66.8 cm³/mol. The Morgan fingerprint density at radius 1 is 1.19 bits per heavy atom. The molecule has 0 aliphatic rings. The molecule has 0 aliphatic heterocycles. The van der Waals surface area contributed by atoms with Crippen molar-refractivity contribution in [1.29, 1.82) is 5.26 Å². The van der Waals surface area contributed by atoms with E-state index in [2.05, 4.69) is 51.2 Å². The lowest BCUT2D eigenvalue weighted by Crippen LogP contribution is -2.40. The van der Waals surface area contributed by atoms with Crippen molar-refractivity contribution in [1.82, 2.24) is 5.32 Å². The number of hydrogen-bond acceptors (Lipinski definition) is 2. The molecule has 1 aromatic carbocycles. The second-order valence-corrected chi connectivity index (χ2v) is 5.23. The molecule has 0 saturated carbocycles. The van der Waals surface area contributed by atoms with Crippen molar-refractivity contribution in [2.24, 2.45) is 5.41 Å². The van der Waals surface area contributed by atoms with Crippen LogP contribution in [0.25, 0.3) is 0 Å². The molecule has 0 heterocycles. The molecule has 2 atom stereocenters. The van der Waals surface area contributed by atoms with E-state index >= 15 is 0 Å². The molecule has 0 aromatic heterocycles. The summed E-state index contributed by atoms with van der Waals surface area (Å²) in [6, 6.07) is 12.6. The van der Waals surface area contributed by atoms with Crippen LogP contribution in [0.3, 0.4) is 0 Å². The van der Waals surface area contributed by atoms with Crippen molar-refractivity contribution >= 4 is 0 Å². The van der Waals surface area contributed by atoms with Gasteiger partial charge < -0.3 is 0 Å². The summed E-state index contributed by atoms with van der Waals surface area (Å²) in [6.07, 6.45) is 0. The molecule has 1 N–H and O–H groups in total. The van der Waals surface area contributed by atoms with Crippen LogP contribution in [0.5, 0.6) is 0 Å². The van der Waals surface area contributed by atoms with E-state index < -0.39 is 0 Å². The van der Waals surface area contributed by atoms with Crippen LogP contribution in [0, 0.1) is 16.7 Å². The topological polar surface area (TPSA) is 35.8 Å². The molecule has 0 unspecified atom stereocenters. The van der Waals surface area contributed by atoms with Gasteiger partial charge in [-0.25, -0.2) is 0 Å². The van der Waals surface area contributed by atoms with Crippen molar-refractivity contribution in [3.8, 4) is 6.07 Å². The minimum atomic E-state index is -0.136. The average molecular weight is 216 g/mol. The van der Waals surface area contributed by atoms with E-state index in [0.717, 1.165) is 0 Å². The van der Waals surface area contributed by atoms with Gasteiger partial charge in [-0.2, -0.15) is 5.26 Å². The zero-order valence-electron chi connectivity index (χ0n) is 10.5. The monoisotopic (exact) mass is 216 g/mol. The van der Waals surface area contributed by atoms with Gasteiger partial charge in [0.1, 0.15) is 6.04 Å². The summed E-state index contributed by atoms with van der Waals surface area (Å²) in [5.41, 5.74) is 1.17. The maximum absolute atomic E-state index is 9.14. The van der Waals surface area contributed by atoms with E-state index in [4.69, 9.17) is 5.26 Å². The van der Waals surface area contributed by atoms with Crippen LogP contribution in [0.2, 0.25) is 0 Å². The zero-order valence-corrected chi connectivity index (χ0v) is 10.5. The lowest BCUT2D eigenvalue weighted by Gasteiger charge is -2.28. The molecule has 0 radical (unpaired) electrons. The lowest BCUT2D eigenvalue weighted by molar-refractivity contribution is 0.300. The van der Waals surface area contributed by atoms with Crippen LogP contribution in [0.1, 0.15) is 39.3 Å². The Bertz CT molecular complexity index is 357. The Hall–Kier alpha value is -1.33. The van der Waals surface area contributed by atoms with Gasteiger partial charge >= 0.3 is 0 Å². The fraction of sp³-hybridized carbons (Fsp3) is 0.500. The number of benzene rings is 1. The van der Waals surface area contributed by atoms with Gasteiger partial charge in [0.2, 0.25) is 0 Å². The molecule has 86 valence electrons. The Balaban J connectivity index is 2.72. The first kappa shape index (κ1) is 12.7. The predicted octanol–water partition coefficient (Wildman–Crippen LogP) is 3.28. The SMILES string of the molecule is C[C@H](N[C@H](C#N)C(C)(C)C)c1ccccc1. The molecule has 1 aromatic rings. The normalized spacial score (nSPS) is 15.2. The molecule has 2 heteroatoms. The van der Waals surface area contributed by atoms with E-state index in [0.29, 0.717) is 0 Å². The van der Waals surface area contributed by atoms with E-state index in [1.54, 1.807) is 0 Å². The second-order valence-electron chi connectivity index (χ2n) is 5.23. The Kier molecular flexibility index (Phi) is 4.09. The highest BCUT2D eigenvalue weighted by atomic mass is 15.0. The summed E-state index contributed by atoms with van der Waals surface area (Å²) < 4.78 is 0. The summed E-state index contributed by atoms with van der Waals surface area (Å²) >= 11 is 0.